The average Bonchev–Trinajstić information content (AvgIpc) is 3.80. The van der Waals surface area contributed by atoms with Crippen molar-refractivity contribution in [3.8, 4) is 39.3 Å². The fraction of sp³-hybridized carbons (Fsp3) is 0.0182. The molecule has 0 atom stereocenters. The van der Waals surface area contributed by atoms with Crippen LogP contribution in [0.5, 0.6) is 0 Å². The molecule has 3 heteroatoms. The summed E-state index contributed by atoms with van der Waals surface area (Å²) in [6.45, 7) is 0. The van der Waals surface area contributed by atoms with Crippen molar-refractivity contribution in [1.82, 2.24) is 14.5 Å². The van der Waals surface area contributed by atoms with Gasteiger partial charge in [0, 0.05) is 55.5 Å². The first-order valence-electron chi connectivity index (χ1n) is 19.9. The lowest BCUT2D eigenvalue weighted by Gasteiger charge is -2.34. The zero-order chi connectivity index (χ0) is 38.2. The summed E-state index contributed by atoms with van der Waals surface area (Å²) in [7, 11) is 0. The molecule has 0 saturated heterocycles. The van der Waals surface area contributed by atoms with Gasteiger partial charge in [0.15, 0.2) is 0 Å². The summed E-state index contributed by atoms with van der Waals surface area (Å²) >= 11 is 0. The summed E-state index contributed by atoms with van der Waals surface area (Å²) < 4.78 is 2.46. The highest BCUT2D eigenvalue weighted by Crippen LogP contribution is 2.56. The molecular weight excluding hydrogens is 703 g/mol. The quantitative estimate of drug-likeness (QED) is 0.165. The van der Waals surface area contributed by atoms with E-state index in [-0.39, 0.29) is 0 Å². The third-order valence-electron chi connectivity index (χ3n) is 12.3. The topological polar surface area (TPSA) is 30.7 Å². The second kappa shape index (κ2) is 12.7. The van der Waals surface area contributed by atoms with Crippen LogP contribution < -0.4 is 0 Å². The van der Waals surface area contributed by atoms with E-state index in [1.807, 2.05) is 0 Å². The zero-order valence-corrected chi connectivity index (χ0v) is 31.5. The summed E-state index contributed by atoms with van der Waals surface area (Å²) in [5.74, 6) is 0. The highest BCUT2D eigenvalue weighted by molar-refractivity contribution is 6.26. The molecule has 1 aliphatic rings. The molecule has 0 N–H and O–H groups in total. The Kier molecular flexibility index (Phi) is 7.14. The third kappa shape index (κ3) is 4.62. The number of pyridine rings is 2. The van der Waals surface area contributed by atoms with Gasteiger partial charge in [0.05, 0.1) is 33.4 Å². The van der Waals surface area contributed by atoms with Crippen molar-refractivity contribution in [3.63, 3.8) is 0 Å². The van der Waals surface area contributed by atoms with E-state index < -0.39 is 5.41 Å². The molecule has 270 valence electrons. The molecule has 0 aliphatic heterocycles. The van der Waals surface area contributed by atoms with Crippen LogP contribution in [0.1, 0.15) is 22.3 Å². The van der Waals surface area contributed by atoms with E-state index in [2.05, 4.69) is 217 Å². The Bertz CT molecular complexity index is 3340. The Labute approximate surface area is 336 Å². The summed E-state index contributed by atoms with van der Waals surface area (Å²) in [5.41, 5.74) is 15.4. The van der Waals surface area contributed by atoms with Crippen molar-refractivity contribution in [2.75, 3.05) is 0 Å². The van der Waals surface area contributed by atoms with Gasteiger partial charge in [0.1, 0.15) is 0 Å². The van der Waals surface area contributed by atoms with Gasteiger partial charge in [0.2, 0.25) is 0 Å². The van der Waals surface area contributed by atoms with Gasteiger partial charge < -0.3 is 4.57 Å². The molecule has 8 aromatic carbocycles. The molecule has 3 heterocycles. The number of aromatic nitrogens is 3. The maximum atomic E-state index is 5.27. The Morgan fingerprint density at radius 3 is 1.86 bits per heavy atom. The molecule has 0 radical (unpaired) electrons. The number of nitrogens with zero attached hydrogens (tertiary/aromatic N) is 3. The van der Waals surface area contributed by atoms with Gasteiger partial charge in [-0.15, -0.1) is 0 Å². The third-order valence-corrected chi connectivity index (χ3v) is 12.3. The van der Waals surface area contributed by atoms with E-state index >= 15 is 0 Å². The molecular formula is C55H35N3. The maximum absolute atomic E-state index is 5.27. The van der Waals surface area contributed by atoms with Crippen molar-refractivity contribution in [2.45, 2.75) is 5.41 Å². The van der Waals surface area contributed by atoms with Crippen LogP contribution in [-0.2, 0) is 5.41 Å². The van der Waals surface area contributed by atoms with Gasteiger partial charge in [-0.25, -0.2) is 4.98 Å². The number of hydrogen-bond acceptors (Lipinski definition) is 2. The smallest absolute Gasteiger partial charge is 0.0788 e. The van der Waals surface area contributed by atoms with E-state index in [4.69, 9.17) is 9.97 Å². The minimum Gasteiger partial charge on any atom is -0.309 e. The number of para-hydroxylation sites is 2. The van der Waals surface area contributed by atoms with Gasteiger partial charge >= 0.3 is 0 Å². The molecule has 12 rings (SSSR count). The van der Waals surface area contributed by atoms with E-state index in [1.165, 1.54) is 55.1 Å². The summed E-state index contributed by atoms with van der Waals surface area (Å²) in [4.78, 5) is 10.5. The minimum atomic E-state index is -0.499. The predicted molar refractivity (Wildman–Crippen MR) is 240 cm³/mol. The summed E-state index contributed by atoms with van der Waals surface area (Å²) in [6, 6.07) is 74.5. The largest absolute Gasteiger partial charge is 0.309 e. The van der Waals surface area contributed by atoms with Gasteiger partial charge in [0.25, 0.3) is 0 Å². The second-order valence-electron chi connectivity index (χ2n) is 15.3. The number of benzene rings is 8. The van der Waals surface area contributed by atoms with Crippen molar-refractivity contribution in [1.29, 1.82) is 0 Å². The van der Waals surface area contributed by atoms with Crippen molar-refractivity contribution in [3.05, 3.63) is 235 Å². The summed E-state index contributed by atoms with van der Waals surface area (Å²) in [6.07, 6.45) is 2.10. The highest BCUT2D eigenvalue weighted by Gasteiger charge is 2.46. The lowest BCUT2D eigenvalue weighted by molar-refractivity contribution is 0.767. The molecule has 0 saturated carbocycles. The Balaban J connectivity index is 1.12. The number of fused-ring (bicyclic) bond motifs is 10. The first-order chi connectivity index (χ1) is 28.8. The first kappa shape index (κ1) is 32.6. The number of hydrogen-bond donors (Lipinski definition) is 0. The fourth-order valence-corrected chi connectivity index (χ4v) is 9.87. The van der Waals surface area contributed by atoms with Crippen LogP contribution in [0.25, 0.3) is 82.8 Å². The van der Waals surface area contributed by atoms with Crippen LogP contribution in [0.15, 0.2) is 212 Å². The lowest BCUT2D eigenvalue weighted by Crippen LogP contribution is -2.28. The van der Waals surface area contributed by atoms with Crippen LogP contribution in [-0.4, -0.2) is 14.5 Å². The van der Waals surface area contributed by atoms with Crippen LogP contribution in [0.3, 0.4) is 0 Å². The Hall–Kier alpha value is -7.62. The van der Waals surface area contributed by atoms with E-state index in [0.717, 1.165) is 50.0 Å². The molecule has 1 aliphatic carbocycles. The Morgan fingerprint density at radius 2 is 1.07 bits per heavy atom. The van der Waals surface area contributed by atoms with Gasteiger partial charge in [-0.2, -0.15) is 0 Å². The lowest BCUT2D eigenvalue weighted by atomic mass is 9.67. The molecule has 58 heavy (non-hydrogen) atoms. The molecule has 0 spiro atoms. The van der Waals surface area contributed by atoms with E-state index in [1.54, 1.807) is 0 Å². The molecule has 0 fully saturated rings. The van der Waals surface area contributed by atoms with Crippen LogP contribution >= 0.6 is 0 Å². The van der Waals surface area contributed by atoms with Crippen molar-refractivity contribution in [2.24, 2.45) is 0 Å². The van der Waals surface area contributed by atoms with Crippen LogP contribution in [0.2, 0.25) is 0 Å². The minimum absolute atomic E-state index is 0.499. The molecule has 0 unspecified atom stereocenters. The van der Waals surface area contributed by atoms with Gasteiger partial charge in [-0.05, 0) is 58.1 Å². The predicted octanol–water partition coefficient (Wildman–Crippen LogP) is 13.6. The number of rotatable bonds is 5. The maximum Gasteiger partial charge on any atom is 0.0788 e. The van der Waals surface area contributed by atoms with Gasteiger partial charge in [-0.1, -0.05) is 176 Å². The van der Waals surface area contributed by atoms with E-state index in [9.17, 15) is 0 Å². The van der Waals surface area contributed by atoms with Crippen LogP contribution in [0, 0.1) is 0 Å². The van der Waals surface area contributed by atoms with Gasteiger partial charge in [-0.3, -0.25) is 4.98 Å². The SMILES string of the molecule is c1ccc(-c2nc3ccccc3c3c2ccc2c4ccccc4n(-c4cccc(-c5cc6c(cn5)-c5ccccc5C6(c5ccccc5)c5ccccc5)c4)c23)cc1. The Morgan fingerprint density at radius 1 is 0.431 bits per heavy atom. The molecule has 11 aromatic rings. The molecule has 3 aromatic heterocycles. The standard InChI is InChI=1S/C55H35N3/c1-4-17-36(18-5-1)53-45-32-31-43-42-26-12-15-30-51(42)58(54(43)52(45)44-27-11-14-29-49(44)57-53)40-24-16-19-37(33-40)50-34-48-46(35-56-50)41-25-10-13-28-47(41)55(48,38-20-6-2-7-21-38)39-22-8-3-9-23-39/h1-35H. The monoisotopic (exact) mass is 737 g/mol. The van der Waals surface area contributed by atoms with Crippen LogP contribution in [0.4, 0.5) is 0 Å². The van der Waals surface area contributed by atoms with Crippen molar-refractivity contribution < 1.29 is 0 Å². The molecule has 3 nitrogen and oxygen atoms in total. The van der Waals surface area contributed by atoms with Crippen molar-refractivity contribution >= 4 is 43.5 Å². The fourth-order valence-electron chi connectivity index (χ4n) is 9.87. The molecule has 0 bridgehead atoms. The normalized spacial score (nSPS) is 13.0. The second-order valence-corrected chi connectivity index (χ2v) is 15.3. The average molecular weight is 738 g/mol. The van der Waals surface area contributed by atoms with E-state index in [0.29, 0.717) is 0 Å². The first-order valence-corrected chi connectivity index (χ1v) is 19.9. The zero-order valence-electron chi connectivity index (χ0n) is 31.5. The summed E-state index contributed by atoms with van der Waals surface area (Å²) in [5, 5.41) is 5.91. The highest BCUT2D eigenvalue weighted by atomic mass is 15.0. The molecule has 0 amide bonds.